The molecule has 2 amide bonds. The van der Waals surface area contributed by atoms with Crippen LogP contribution in [0.2, 0.25) is 0 Å². The fraction of sp³-hybridized carbons (Fsp3) is 0.355. The Morgan fingerprint density at radius 1 is 0.833 bits per heavy atom. The molecule has 1 fully saturated rings. The van der Waals surface area contributed by atoms with Gasteiger partial charge < -0.3 is 10.2 Å². The topological polar surface area (TPSA) is 52.7 Å². The van der Waals surface area contributed by atoms with Gasteiger partial charge >= 0.3 is 0 Å². The van der Waals surface area contributed by atoms with Crippen molar-refractivity contribution in [3.63, 3.8) is 0 Å². The smallest absolute Gasteiger partial charge is 0.258 e. The van der Waals surface area contributed by atoms with Gasteiger partial charge in [0.05, 0.1) is 0 Å². The number of hydrogen-bond donors (Lipinski definition) is 1. The molecule has 0 saturated heterocycles. The molecule has 186 valence electrons. The number of aryl methyl sites for hydroxylation is 1. The Morgan fingerprint density at radius 3 is 2.36 bits per heavy atom. The predicted octanol–water partition coefficient (Wildman–Crippen LogP) is 6.35. The third-order valence-electron chi connectivity index (χ3n) is 7.84. The molecule has 5 heteroatoms. The van der Waals surface area contributed by atoms with Gasteiger partial charge in [0.25, 0.3) is 11.8 Å². The number of carbonyl (C=O) groups is 2. The van der Waals surface area contributed by atoms with Crippen molar-refractivity contribution in [1.82, 2.24) is 4.90 Å². The van der Waals surface area contributed by atoms with E-state index in [4.69, 9.17) is 0 Å². The second-order valence-corrected chi connectivity index (χ2v) is 10.1. The summed E-state index contributed by atoms with van der Waals surface area (Å²) in [6.07, 6.45) is 6.46. The zero-order valence-corrected chi connectivity index (χ0v) is 21.3. The van der Waals surface area contributed by atoms with Crippen LogP contribution in [-0.2, 0) is 6.54 Å². The van der Waals surface area contributed by atoms with Crippen LogP contribution in [0.5, 0.6) is 0 Å². The van der Waals surface area contributed by atoms with Crippen LogP contribution < -0.4 is 10.2 Å². The molecule has 1 saturated carbocycles. The number of nitrogens with one attached hydrogen (secondary N) is 1. The van der Waals surface area contributed by atoms with Crippen molar-refractivity contribution in [2.24, 2.45) is 0 Å². The van der Waals surface area contributed by atoms with Crippen LogP contribution in [0.1, 0.15) is 69.5 Å². The third kappa shape index (κ3) is 5.07. The number of nitrogens with zero attached hydrogens (tertiary/aromatic N) is 2. The highest BCUT2D eigenvalue weighted by molar-refractivity contribution is 6.08. The maximum absolute atomic E-state index is 13.7. The number of fused-ring (bicyclic) bond motifs is 1. The largest absolute Gasteiger partial charge is 0.322 e. The van der Waals surface area contributed by atoms with Crippen LogP contribution in [-0.4, -0.2) is 35.8 Å². The van der Waals surface area contributed by atoms with Crippen LogP contribution in [0.3, 0.4) is 0 Å². The van der Waals surface area contributed by atoms with E-state index in [1.165, 1.54) is 37.7 Å². The van der Waals surface area contributed by atoms with Crippen LogP contribution in [0.25, 0.3) is 0 Å². The second kappa shape index (κ2) is 10.7. The van der Waals surface area contributed by atoms with Gasteiger partial charge in [0.15, 0.2) is 0 Å². The first-order valence-electron chi connectivity index (χ1n) is 13.1. The van der Waals surface area contributed by atoms with E-state index in [1.807, 2.05) is 67.3 Å². The van der Waals surface area contributed by atoms with Crippen molar-refractivity contribution in [2.45, 2.75) is 58.5 Å². The molecule has 0 bridgehead atoms. The molecule has 0 spiro atoms. The van der Waals surface area contributed by atoms with Crippen molar-refractivity contribution in [3.8, 4) is 0 Å². The van der Waals surface area contributed by atoms with Gasteiger partial charge in [0, 0.05) is 48.2 Å². The van der Waals surface area contributed by atoms with Crippen molar-refractivity contribution in [2.75, 3.05) is 23.3 Å². The quantitative estimate of drug-likeness (QED) is 0.472. The van der Waals surface area contributed by atoms with E-state index in [0.29, 0.717) is 29.4 Å². The van der Waals surface area contributed by atoms with E-state index in [0.717, 1.165) is 29.9 Å². The Labute approximate surface area is 214 Å². The number of carbonyl (C=O) groups excluding carboxylic acids is 2. The van der Waals surface area contributed by atoms with E-state index in [-0.39, 0.29) is 11.8 Å². The number of para-hydroxylation sites is 1. The van der Waals surface area contributed by atoms with Gasteiger partial charge in [-0.05, 0) is 79.8 Å². The lowest BCUT2D eigenvalue weighted by molar-refractivity contribution is 0.0979. The monoisotopic (exact) mass is 481 g/mol. The zero-order chi connectivity index (χ0) is 25.1. The van der Waals surface area contributed by atoms with E-state index in [9.17, 15) is 9.59 Å². The summed E-state index contributed by atoms with van der Waals surface area (Å²) in [5.41, 5.74) is 6.25. The van der Waals surface area contributed by atoms with Crippen molar-refractivity contribution < 1.29 is 9.59 Å². The van der Waals surface area contributed by atoms with Gasteiger partial charge in [0.2, 0.25) is 0 Å². The van der Waals surface area contributed by atoms with E-state index in [1.54, 1.807) is 0 Å². The summed E-state index contributed by atoms with van der Waals surface area (Å²) in [4.78, 5) is 31.0. The highest BCUT2D eigenvalue weighted by Crippen LogP contribution is 2.31. The Balaban J connectivity index is 1.32. The summed E-state index contributed by atoms with van der Waals surface area (Å²) < 4.78 is 0. The minimum atomic E-state index is -0.139. The molecule has 3 aromatic rings. The number of hydrogen-bond acceptors (Lipinski definition) is 3. The molecular weight excluding hydrogens is 446 g/mol. The first-order chi connectivity index (χ1) is 17.5. The number of anilines is 2. The minimum Gasteiger partial charge on any atom is -0.322 e. The first kappa shape index (κ1) is 24.3. The molecule has 1 heterocycles. The molecule has 0 atom stereocenters. The number of amides is 2. The fourth-order valence-corrected chi connectivity index (χ4v) is 5.57. The minimum absolute atomic E-state index is 0.000323. The molecule has 1 aliphatic heterocycles. The van der Waals surface area contributed by atoms with Crippen molar-refractivity contribution in [1.29, 1.82) is 0 Å². The molecule has 5 rings (SSSR count). The molecule has 0 aromatic heterocycles. The highest BCUT2D eigenvalue weighted by Gasteiger charge is 2.29. The molecular formula is C31H35N3O2. The van der Waals surface area contributed by atoms with Crippen molar-refractivity contribution >= 4 is 23.2 Å². The summed E-state index contributed by atoms with van der Waals surface area (Å²) >= 11 is 0. The summed E-state index contributed by atoms with van der Waals surface area (Å²) in [6.45, 7) is 6.42. The number of benzene rings is 3. The van der Waals surface area contributed by atoms with Crippen LogP contribution in [0, 0.1) is 13.8 Å². The summed E-state index contributed by atoms with van der Waals surface area (Å²) in [5.74, 6) is -0.139. The van der Waals surface area contributed by atoms with Crippen LogP contribution >= 0.6 is 0 Å². The number of rotatable bonds is 4. The average Bonchev–Trinajstić information content (AvgIpc) is 3.11. The molecule has 3 aromatic carbocycles. The van der Waals surface area contributed by atoms with Crippen LogP contribution in [0.4, 0.5) is 11.4 Å². The SMILES string of the molecule is Cc1cccc(C(=O)Nc2ccc(C(=O)N3CCN(C4CCCCC4)Cc4ccccc43)cc2)c1C. The zero-order valence-electron chi connectivity index (χ0n) is 21.3. The Kier molecular flexibility index (Phi) is 7.19. The van der Waals surface area contributed by atoms with Gasteiger partial charge in [0.1, 0.15) is 0 Å². The van der Waals surface area contributed by atoms with Gasteiger partial charge in [-0.3, -0.25) is 14.5 Å². The molecule has 1 N–H and O–H groups in total. The van der Waals surface area contributed by atoms with E-state index in [2.05, 4.69) is 28.4 Å². The van der Waals surface area contributed by atoms with Gasteiger partial charge in [-0.25, -0.2) is 0 Å². The Hall–Kier alpha value is -3.44. The highest BCUT2D eigenvalue weighted by atomic mass is 16.2. The Morgan fingerprint density at radius 2 is 1.58 bits per heavy atom. The van der Waals surface area contributed by atoms with E-state index < -0.39 is 0 Å². The molecule has 5 nitrogen and oxygen atoms in total. The summed E-state index contributed by atoms with van der Waals surface area (Å²) in [6, 6.07) is 21.9. The molecule has 2 aliphatic rings. The van der Waals surface area contributed by atoms with Gasteiger partial charge in [-0.1, -0.05) is 49.6 Å². The summed E-state index contributed by atoms with van der Waals surface area (Å²) in [7, 11) is 0. The standard InChI is InChI=1S/C31H35N3O2/c1-22-9-8-13-28(23(22)2)30(35)32-26-17-15-24(16-18-26)31(36)34-20-19-33(27-11-4-3-5-12-27)21-25-10-6-7-14-29(25)34/h6-10,13-18,27H,3-5,11-12,19-21H2,1-2H3,(H,32,35). The lowest BCUT2D eigenvalue weighted by Gasteiger charge is -2.33. The Bertz CT molecular complexity index is 1240. The molecule has 0 unspecified atom stereocenters. The predicted molar refractivity (Wildman–Crippen MR) is 146 cm³/mol. The van der Waals surface area contributed by atoms with Gasteiger partial charge in [-0.2, -0.15) is 0 Å². The second-order valence-electron chi connectivity index (χ2n) is 10.1. The van der Waals surface area contributed by atoms with E-state index >= 15 is 0 Å². The van der Waals surface area contributed by atoms with Gasteiger partial charge in [-0.15, -0.1) is 0 Å². The normalized spacial score (nSPS) is 16.8. The average molecular weight is 482 g/mol. The molecule has 1 aliphatic carbocycles. The first-order valence-corrected chi connectivity index (χ1v) is 13.1. The summed E-state index contributed by atoms with van der Waals surface area (Å²) in [5, 5.41) is 2.97. The lowest BCUT2D eigenvalue weighted by Crippen LogP contribution is -2.40. The lowest BCUT2D eigenvalue weighted by atomic mass is 9.94. The fourth-order valence-electron chi connectivity index (χ4n) is 5.57. The van der Waals surface area contributed by atoms with Crippen LogP contribution in [0.15, 0.2) is 66.7 Å². The maximum atomic E-state index is 13.7. The molecule has 36 heavy (non-hydrogen) atoms. The maximum Gasteiger partial charge on any atom is 0.258 e. The van der Waals surface area contributed by atoms with Crippen molar-refractivity contribution in [3.05, 3.63) is 94.5 Å². The molecule has 0 radical (unpaired) electrons. The third-order valence-corrected chi connectivity index (χ3v) is 7.84.